The molecule has 0 radical (unpaired) electrons. The zero-order valence-corrected chi connectivity index (χ0v) is 11.1. The highest BCUT2D eigenvalue weighted by Crippen LogP contribution is 2.41. The van der Waals surface area contributed by atoms with E-state index in [-0.39, 0.29) is 6.04 Å². The van der Waals surface area contributed by atoms with Crippen LogP contribution in [-0.2, 0) is 6.42 Å². The molecule has 0 spiro atoms. The molecular formula is C12H14BrNO3. The molecule has 1 heterocycles. The van der Waals surface area contributed by atoms with Gasteiger partial charge < -0.3 is 15.2 Å². The number of halogens is 1. The largest absolute Gasteiger partial charge is 0.486 e. The molecule has 2 N–H and O–H groups in total. The SMILES string of the molecule is CC(N)Cc1c(Br)cc(C=O)c2c1OCCO2. The molecule has 17 heavy (non-hydrogen) atoms. The monoisotopic (exact) mass is 299 g/mol. The molecule has 0 amide bonds. The molecule has 4 nitrogen and oxygen atoms in total. The van der Waals surface area contributed by atoms with E-state index in [4.69, 9.17) is 15.2 Å². The lowest BCUT2D eigenvalue weighted by Gasteiger charge is -2.24. The van der Waals surface area contributed by atoms with Gasteiger partial charge in [-0.3, -0.25) is 4.79 Å². The van der Waals surface area contributed by atoms with Gasteiger partial charge in [0.1, 0.15) is 13.2 Å². The van der Waals surface area contributed by atoms with Crippen molar-refractivity contribution in [1.82, 2.24) is 0 Å². The maximum atomic E-state index is 11.0. The number of nitrogens with two attached hydrogens (primary N) is 1. The second-order valence-electron chi connectivity index (χ2n) is 4.08. The van der Waals surface area contributed by atoms with E-state index in [0.29, 0.717) is 36.7 Å². The van der Waals surface area contributed by atoms with Crippen molar-refractivity contribution in [2.75, 3.05) is 13.2 Å². The maximum absolute atomic E-state index is 11.0. The van der Waals surface area contributed by atoms with Crippen molar-refractivity contribution in [3.63, 3.8) is 0 Å². The first kappa shape index (κ1) is 12.4. The van der Waals surface area contributed by atoms with Gasteiger partial charge in [0.2, 0.25) is 0 Å². The topological polar surface area (TPSA) is 61.6 Å². The molecule has 1 atom stereocenters. The Morgan fingerprint density at radius 1 is 1.47 bits per heavy atom. The van der Waals surface area contributed by atoms with Gasteiger partial charge in [-0.15, -0.1) is 0 Å². The predicted octanol–water partition coefficient (Wildman–Crippen LogP) is 1.92. The van der Waals surface area contributed by atoms with Gasteiger partial charge in [0.15, 0.2) is 17.8 Å². The minimum Gasteiger partial charge on any atom is -0.486 e. The van der Waals surface area contributed by atoms with Crippen molar-refractivity contribution in [3.05, 3.63) is 21.7 Å². The van der Waals surface area contributed by atoms with Gasteiger partial charge in [-0.1, -0.05) is 15.9 Å². The number of hydrogen-bond donors (Lipinski definition) is 1. The van der Waals surface area contributed by atoms with Crippen LogP contribution in [0.15, 0.2) is 10.5 Å². The predicted molar refractivity (Wildman–Crippen MR) is 67.9 cm³/mol. The van der Waals surface area contributed by atoms with Crippen LogP contribution in [0.3, 0.4) is 0 Å². The van der Waals surface area contributed by atoms with Gasteiger partial charge in [-0.2, -0.15) is 0 Å². The van der Waals surface area contributed by atoms with Crippen molar-refractivity contribution in [2.24, 2.45) is 5.73 Å². The summed E-state index contributed by atoms with van der Waals surface area (Å²) in [6.45, 7) is 2.89. The third-order valence-electron chi connectivity index (χ3n) is 2.54. The third kappa shape index (κ3) is 2.45. The first-order chi connectivity index (χ1) is 8.13. The Morgan fingerprint density at radius 2 is 2.12 bits per heavy atom. The normalized spacial score (nSPS) is 15.5. The highest BCUT2D eigenvalue weighted by molar-refractivity contribution is 9.10. The summed E-state index contributed by atoms with van der Waals surface area (Å²) >= 11 is 3.45. The molecular weight excluding hydrogens is 286 g/mol. The molecule has 0 saturated carbocycles. The Kier molecular flexibility index (Phi) is 3.69. The number of ether oxygens (including phenoxy) is 2. The molecule has 0 fully saturated rings. The number of benzene rings is 1. The van der Waals surface area contributed by atoms with E-state index in [1.807, 2.05) is 6.92 Å². The molecule has 0 aliphatic carbocycles. The number of aldehydes is 1. The van der Waals surface area contributed by atoms with Gasteiger partial charge in [-0.25, -0.2) is 0 Å². The lowest BCUT2D eigenvalue weighted by Crippen LogP contribution is -2.22. The Balaban J connectivity index is 2.55. The molecule has 1 aliphatic heterocycles. The van der Waals surface area contributed by atoms with Crippen LogP contribution in [0, 0.1) is 0 Å². The van der Waals surface area contributed by atoms with Crippen LogP contribution in [0.5, 0.6) is 11.5 Å². The van der Waals surface area contributed by atoms with Crippen molar-refractivity contribution < 1.29 is 14.3 Å². The third-order valence-corrected chi connectivity index (χ3v) is 3.25. The van der Waals surface area contributed by atoms with E-state index in [2.05, 4.69) is 15.9 Å². The summed E-state index contributed by atoms with van der Waals surface area (Å²) in [5.74, 6) is 1.18. The molecule has 0 bridgehead atoms. The molecule has 1 aromatic rings. The summed E-state index contributed by atoms with van der Waals surface area (Å²) in [4.78, 5) is 11.0. The fraction of sp³-hybridized carbons (Fsp3) is 0.417. The molecule has 2 rings (SSSR count). The van der Waals surface area contributed by atoms with Gasteiger partial charge in [-0.05, 0) is 19.4 Å². The van der Waals surface area contributed by atoms with E-state index >= 15 is 0 Å². The fourth-order valence-corrected chi connectivity index (χ4v) is 2.44. The first-order valence-electron chi connectivity index (χ1n) is 5.45. The summed E-state index contributed by atoms with van der Waals surface area (Å²) in [7, 11) is 0. The van der Waals surface area contributed by atoms with E-state index in [1.165, 1.54) is 0 Å². The number of rotatable bonds is 3. The average Bonchev–Trinajstić information content (AvgIpc) is 2.32. The van der Waals surface area contributed by atoms with E-state index in [0.717, 1.165) is 16.3 Å². The van der Waals surface area contributed by atoms with Gasteiger partial charge in [0.05, 0.1) is 5.56 Å². The van der Waals surface area contributed by atoms with Crippen molar-refractivity contribution >= 4 is 22.2 Å². The Labute approximate surface area is 108 Å². The van der Waals surface area contributed by atoms with Crippen LogP contribution in [-0.4, -0.2) is 25.5 Å². The van der Waals surface area contributed by atoms with E-state index < -0.39 is 0 Å². The molecule has 1 unspecified atom stereocenters. The van der Waals surface area contributed by atoms with E-state index in [9.17, 15) is 4.79 Å². The first-order valence-corrected chi connectivity index (χ1v) is 6.24. The average molecular weight is 300 g/mol. The smallest absolute Gasteiger partial charge is 0.172 e. The molecule has 5 heteroatoms. The van der Waals surface area contributed by atoms with Crippen LogP contribution in [0.1, 0.15) is 22.8 Å². The maximum Gasteiger partial charge on any atom is 0.172 e. The lowest BCUT2D eigenvalue weighted by molar-refractivity contribution is 0.111. The molecule has 1 aromatic carbocycles. The van der Waals surface area contributed by atoms with Gasteiger partial charge >= 0.3 is 0 Å². The van der Waals surface area contributed by atoms with Crippen molar-refractivity contribution in [3.8, 4) is 11.5 Å². The zero-order valence-electron chi connectivity index (χ0n) is 9.53. The Bertz CT molecular complexity index is 446. The highest BCUT2D eigenvalue weighted by atomic mass is 79.9. The van der Waals surface area contributed by atoms with Crippen LogP contribution in [0.2, 0.25) is 0 Å². The van der Waals surface area contributed by atoms with Crippen molar-refractivity contribution in [2.45, 2.75) is 19.4 Å². The second-order valence-corrected chi connectivity index (χ2v) is 4.93. The number of carbonyl (C=O) groups is 1. The number of fused-ring (bicyclic) bond motifs is 1. The molecule has 0 aromatic heterocycles. The summed E-state index contributed by atoms with van der Waals surface area (Å²) < 4.78 is 11.9. The van der Waals surface area contributed by atoms with E-state index in [1.54, 1.807) is 6.07 Å². The van der Waals surface area contributed by atoms with Gasteiger partial charge in [0.25, 0.3) is 0 Å². The number of carbonyl (C=O) groups excluding carboxylic acids is 1. The zero-order chi connectivity index (χ0) is 12.4. The molecule has 92 valence electrons. The lowest BCUT2D eigenvalue weighted by atomic mass is 10.0. The fourth-order valence-electron chi connectivity index (χ4n) is 1.85. The Morgan fingerprint density at radius 3 is 2.71 bits per heavy atom. The summed E-state index contributed by atoms with van der Waals surface area (Å²) in [6, 6.07) is 1.76. The van der Waals surface area contributed by atoms with Crippen LogP contribution in [0.25, 0.3) is 0 Å². The minimum absolute atomic E-state index is 0.0167. The summed E-state index contributed by atoms with van der Waals surface area (Å²) in [5.41, 5.74) is 7.27. The van der Waals surface area contributed by atoms with Crippen LogP contribution < -0.4 is 15.2 Å². The van der Waals surface area contributed by atoms with Crippen molar-refractivity contribution in [1.29, 1.82) is 0 Å². The summed E-state index contributed by atoms with van der Waals surface area (Å²) in [5, 5.41) is 0. The van der Waals surface area contributed by atoms with Gasteiger partial charge in [0, 0.05) is 16.1 Å². The quantitative estimate of drug-likeness (QED) is 0.866. The minimum atomic E-state index is 0.0167. The molecule has 0 saturated heterocycles. The molecule has 1 aliphatic rings. The van der Waals surface area contributed by atoms with Crippen LogP contribution in [0.4, 0.5) is 0 Å². The standard InChI is InChI=1S/C12H14BrNO3/c1-7(14)4-9-10(13)5-8(6-15)11-12(9)17-3-2-16-11/h5-7H,2-4,14H2,1H3. The highest BCUT2D eigenvalue weighted by Gasteiger charge is 2.23. The second kappa shape index (κ2) is 5.06. The Hall–Kier alpha value is -1.07. The summed E-state index contributed by atoms with van der Waals surface area (Å²) in [6.07, 6.45) is 1.44. The van der Waals surface area contributed by atoms with Crippen LogP contribution >= 0.6 is 15.9 Å². The number of hydrogen-bond acceptors (Lipinski definition) is 4.